The van der Waals surface area contributed by atoms with Crippen molar-refractivity contribution in [3.63, 3.8) is 0 Å². The summed E-state index contributed by atoms with van der Waals surface area (Å²) < 4.78 is 0. The molecule has 1 aromatic carbocycles. The summed E-state index contributed by atoms with van der Waals surface area (Å²) in [5.41, 5.74) is 1.79. The minimum atomic E-state index is -1.21. The van der Waals surface area contributed by atoms with Crippen LogP contribution in [0, 0.1) is 6.92 Å². The fraction of sp³-hybridized carbons (Fsp3) is 0.412. The molecule has 1 aromatic heterocycles. The van der Waals surface area contributed by atoms with Crippen LogP contribution in [-0.4, -0.2) is 27.5 Å². The fourth-order valence-corrected chi connectivity index (χ4v) is 2.76. The Hall–Kier alpha value is -2.30. The van der Waals surface area contributed by atoms with E-state index in [1.54, 1.807) is 6.92 Å². The van der Waals surface area contributed by atoms with Crippen LogP contribution in [0.25, 0.3) is 10.9 Å². The van der Waals surface area contributed by atoms with Gasteiger partial charge in [-0.25, -0.2) is 4.79 Å². The van der Waals surface area contributed by atoms with Crippen LogP contribution in [0.15, 0.2) is 24.4 Å². The summed E-state index contributed by atoms with van der Waals surface area (Å²) in [5.74, 6) is -1.28. The van der Waals surface area contributed by atoms with Crippen molar-refractivity contribution in [1.82, 2.24) is 10.3 Å². The highest BCUT2D eigenvalue weighted by Gasteiger charge is 2.33. The van der Waals surface area contributed by atoms with Crippen LogP contribution in [0.1, 0.15) is 37.8 Å². The van der Waals surface area contributed by atoms with E-state index in [4.69, 9.17) is 0 Å². The van der Waals surface area contributed by atoms with Gasteiger partial charge in [0.1, 0.15) is 5.54 Å². The molecular formula is C17H22N2O3. The first-order chi connectivity index (χ1) is 10.4. The van der Waals surface area contributed by atoms with E-state index in [0.29, 0.717) is 12.8 Å². The SMILES string of the molecule is CCCC(C)(NC(=O)Cc1c[nH]c2c(C)cccc12)C(=O)O. The van der Waals surface area contributed by atoms with Gasteiger partial charge in [0.2, 0.25) is 5.91 Å². The molecule has 0 saturated carbocycles. The maximum absolute atomic E-state index is 12.2. The minimum absolute atomic E-state index is 0.163. The lowest BCUT2D eigenvalue weighted by Gasteiger charge is -2.25. The van der Waals surface area contributed by atoms with Crippen molar-refractivity contribution in [2.45, 2.75) is 45.6 Å². The third kappa shape index (κ3) is 3.13. The van der Waals surface area contributed by atoms with Gasteiger partial charge >= 0.3 is 5.97 Å². The number of carbonyl (C=O) groups excluding carboxylic acids is 1. The molecular weight excluding hydrogens is 280 g/mol. The first-order valence-corrected chi connectivity index (χ1v) is 7.47. The number of carbonyl (C=O) groups is 2. The quantitative estimate of drug-likeness (QED) is 0.767. The predicted octanol–water partition coefficient (Wildman–Crippen LogP) is 2.78. The predicted molar refractivity (Wildman–Crippen MR) is 85.8 cm³/mol. The number of hydrogen-bond donors (Lipinski definition) is 3. The van der Waals surface area contributed by atoms with Crippen molar-refractivity contribution in [2.24, 2.45) is 0 Å². The van der Waals surface area contributed by atoms with Crippen molar-refractivity contribution in [3.8, 4) is 0 Å². The van der Waals surface area contributed by atoms with Gasteiger partial charge in [0, 0.05) is 17.1 Å². The third-order valence-corrected chi connectivity index (χ3v) is 4.00. The molecule has 5 heteroatoms. The van der Waals surface area contributed by atoms with Gasteiger partial charge in [0.15, 0.2) is 0 Å². The smallest absolute Gasteiger partial charge is 0.329 e. The van der Waals surface area contributed by atoms with Crippen LogP contribution in [0.3, 0.4) is 0 Å². The molecule has 0 aliphatic rings. The Morgan fingerprint density at radius 2 is 2.09 bits per heavy atom. The van der Waals surface area contributed by atoms with Gasteiger partial charge < -0.3 is 15.4 Å². The average molecular weight is 302 g/mol. The molecule has 0 aliphatic heterocycles. The second-order valence-corrected chi connectivity index (χ2v) is 5.92. The summed E-state index contributed by atoms with van der Waals surface area (Å²) in [4.78, 5) is 26.8. The van der Waals surface area contributed by atoms with E-state index in [2.05, 4.69) is 10.3 Å². The number of H-pyrrole nitrogens is 1. The summed E-state index contributed by atoms with van der Waals surface area (Å²) in [7, 11) is 0. The molecule has 1 unspecified atom stereocenters. The lowest BCUT2D eigenvalue weighted by Crippen LogP contribution is -2.52. The van der Waals surface area contributed by atoms with Crippen LogP contribution in [0.4, 0.5) is 0 Å². The van der Waals surface area contributed by atoms with E-state index in [-0.39, 0.29) is 12.3 Å². The Morgan fingerprint density at radius 1 is 1.36 bits per heavy atom. The first kappa shape index (κ1) is 16.1. The number of nitrogens with one attached hydrogen (secondary N) is 2. The molecule has 5 nitrogen and oxygen atoms in total. The molecule has 118 valence electrons. The van der Waals surface area contributed by atoms with Gasteiger partial charge in [-0.3, -0.25) is 4.79 Å². The van der Waals surface area contributed by atoms with E-state index in [1.807, 2.05) is 38.2 Å². The second-order valence-electron chi connectivity index (χ2n) is 5.92. The number of aromatic amines is 1. The fourth-order valence-electron chi connectivity index (χ4n) is 2.76. The van der Waals surface area contributed by atoms with E-state index >= 15 is 0 Å². The molecule has 1 amide bonds. The summed E-state index contributed by atoms with van der Waals surface area (Å²) in [6.07, 6.45) is 3.07. The van der Waals surface area contributed by atoms with Crippen molar-refractivity contribution < 1.29 is 14.7 Å². The number of aromatic nitrogens is 1. The highest BCUT2D eigenvalue weighted by Crippen LogP contribution is 2.22. The Kier molecular flexibility index (Phi) is 4.54. The van der Waals surface area contributed by atoms with Crippen molar-refractivity contribution in [2.75, 3.05) is 0 Å². The lowest BCUT2D eigenvalue weighted by atomic mass is 9.95. The molecule has 0 saturated heterocycles. The molecule has 0 bridgehead atoms. The zero-order valence-electron chi connectivity index (χ0n) is 13.2. The Morgan fingerprint density at radius 3 is 2.73 bits per heavy atom. The topological polar surface area (TPSA) is 82.2 Å². The van der Waals surface area contributed by atoms with Crippen molar-refractivity contribution in [3.05, 3.63) is 35.5 Å². The molecule has 3 N–H and O–H groups in total. The first-order valence-electron chi connectivity index (χ1n) is 7.47. The number of carboxylic acid groups (broad SMARTS) is 1. The zero-order valence-corrected chi connectivity index (χ0v) is 13.2. The van der Waals surface area contributed by atoms with Gasteiger partial charge in [-0.15, -0.1) is 0 Å². The van der Waals surface area contributed by atoms with Gasteiger partial charge in [-0.1, -0.05) is 31.5 Å². The van der Waals surface area contributed by atoms with Crippen molar-refractivity contribution in [1.29, 1.82) is 0 Å². The van der Waals surface area contributed by atoms with Gasteiger partial charge in [-0.2, -0.15) is 0 Å². The minimum Gasteiger partial charge on any atom is -0.480 e. The highest BCUT2D eigenvalue weighted by atomic mass is 16.4. The molecule has 0 aliphatic carbocycles. The van der Waals surface area contributed by atoms with Crippen LogP contribution in [-0.2, 0) is 16.0 Å². The molecule has 2 rings (SSSR count). The summed E-state index contributed by atoms with van der Waals surface area (Å²) in [6.45, 7) is 5.46. The van der Waals surface area contributed by atoms with E-state index < -0.39 is 11.5 Å². The number of para-hydroxylation sites is 1. The Bertz CT molecular complexity index is 705. The maximum Gasteiger partial charge on any atom is 0.329 e. The number of rotatable bonds is 6. The average Bonchev–Trinajstić information content (AvgIpc) is 2.83. The number of amides is 1. The largest absolute Gasteiger partial charge is 0.480 e. The Balaban J connectivity index is 2.17. The molecule has 2 aromatic rings. The molecule has 0 radical (unpaired) electrons. The standard InChI is InChI=1S/C17H22N2O3/c1-4-8-17(3,16(21)22)19-14(20)9-12-10-18-15-11(2)6-5-7-13(12)15/h5-7,10,18H,4,8-9H2,1-3H3,(H,19,20)(H,21,22). The zero-order chi connectivity index (χ0) is 16.3. The Labute approximate surface area is 129 Å². The number of fused-ring (bicyclic) bond motifs is 1. The van der Waals surface area contributed by atoms with E-state index in [0.717, 1.165) is 22.0 Å². The second kappa shape index (κ2) is 6.22. The van der Waals surface area contributed by atoms with Crippen molar-refractivity contribution >= 4 is 22.8 Å². The molecule has 1 heterocycles. The van der Waals surface area contributed by atoms with E-state index in [9.17, 15) is 14.7 Å². The number of aryl methyl sites for hydroxylation is 1. The van der Waals surface area contributed by atoms with Gasteiger partial charge in [0.05, 0.1) is 6.42 Å². The lowest BCUT2D eigenvalue weighted by molar-refractivity contribution is -0.147. The number of carboxylic acids is 1. The normalized spacial score (nSPS) is 13.8. The van der Waals surface area contributed by atoms with E-state index in [1.165, 1.54) is 0 Å². The molecule has 0 fully saturated rings. The summed E-state index contributed by atoms with van der Waals surface area (Å²) in [5, 5.41) is 13.0. The maximum atomic E-state index is 12.2. The summed E-state index contributed by atoms with van der Waals surface area (Å²) in [6, 6.07) is 5.92. The molecule has 0 spiro atoms. The van der Waals surface area contributed by atoms with Crippen LogP contribution >= 0.6 is 0 Å². The number of benzene rings is 1. The monoisotopic (exact) mass is 302 g/mol. The van der Waals surface area contributed by atoms with Gasteiger partial charge in [-0.05, 0) is 31.4 Å². The molecule has 1 atom stereocenters. The number of hydrogen-bond acceptors (Lipinski definition) is 2. The van der Waals surface area contributed by atoms with Gasteiger partial charge in [0.25, 0.3) is 0 Å². The molecule has 22 heavy (non-hydrogen) atoms. The summed E-state index contributed by atoms with van der Waals surface area (Å²) >= 11 is 0. The van der Waals surface area contributed by atoms with Crippen LogP contribution < -0.4 is 5.32 Å². The van der Waals surface area contributed by atoms with Crippen LogP contribution in [0.5, 0.6) is 0 Å². The number of aliphatic carboxylic acids is 1. The highest BCUT2D eigenvalue weighted by molar-refractivity contribution is 5.92. The van der Waals surface area contributed by atoms with Crippen LogP contribution in [0.2, 0.25) is 0 Å². The third-order valence-electron chi connectivity index (χ3n) is 4.00.